The van der Waals surface area contributed by atoms with Gasteiger partial charge in [-0.2, -0.15) is 8.42 Å². The minimum atomic E-state index is -3.69. The smallest absolute Gasteiger partial charge is 0.290 e. The molecule has 0 aromatic heterocycles. The summed E-state index contributed by atoms with van der Waals surface area (Å²) >= 11 is -0.824. The number of ether oxygens (including phenoxy) is 2. The molecule has 128 valence electrons. The van der Waals surface area contributed by atoms with Gasteiger partial charge >= 0.3 is 0 Å². The zero-order chi connectivity index (χ0) is 16.1. The topological polar surface area (TPSA) is 71.4 Å². The van der Waals surface area contributed by atoms with Crippen LogP contribution < -0.4 is 0 Å². The molecule has 0 amide bonds. The highest BCUT2D eigenvalue weighted by atomic mass is 32.3. The summed E-state index contributed by atoms with van der Waals surface area (Å²) in [6.45, 7) is 5.18. The number of sulfonamides is 1. The molecule has 0 spiro atoms. The Morgan fingerprint density at radius 2 is 1.35 bits per heavy atom. The summed E-state index contributed by atoms with van der Waals surface area (Å²) in [6, 6.07) is 8.38. The van der Waals surface area contributed by atoms with Crippen molar-refractivity contribution in [3.63, 3.8) is 0 Å². The Morgan fingerprint density at radius 3 is 1.83 bits per heavy atom. The van der Waals surface area contributed by atoms with Crippen LogP contribution in [-0.4, -0.2) is 69.6 Å². The van der Waals surface area contributed by atoms with Gasteiger partial charge in [-0.05, 0) is 12.1 Å². The van der Waals surface area contributed by atoms with Crippen LogP contribution in [0.15, 0.2) is 39.0 Å². The summed E-state index contributed by atoms with van der Waals surface area (Å²) in [6.07, 6.45) is 0. The van der Waals surface area contributed by atoms with E-state index in [-0.39, 0.29) is 4.90 Å². The molecule has 0 aliphatic carbocycles. The third-order valence-electron chi connectivity index (χ3n) is 3.61. The zero-order valence-corrected chi connectivity index (χ0v) is 14.5. The minimum Gasteiger partial charge on any atom is -0.379 e. The highest BCUT2D eigenvalue weighted by Gasteiger charge is 2.26. The minimum absolute atomic E-state index is 0.235. The summed E-state index contributed by atoms with van der Waals surface area (Å²) < 4.78 is 44.5. The number of nitrogens with zero attached hydrogens (tertiary/aromatic N) is 3. The van der Waals surface area contributed by atoms with Gasteiger partial charge in [0.05, 0.1) is 42.4 Å². The Kier molecular flexibility index (Phi) is 5.78. The van der Waals surface area contributed by atoms with Crippen LogP contribution in [0.5, 0.6) is 0 Å². The average molecular weight is 359 g/mol. The molecular weight excluding hydrogens is 338 g/mol. The number of hydrogen-bond donors (Lipinski definition) is 0. The second-order valence-corrected chi connectivity index (χ2v) is 8.73. The lowest BCUT2D eigenvalue weighted by atomic mass is 10.4. The first-order valence-corrected chi connectivity index (χ1v) is 10.1. The molecule has 0 unspecified atom stereocenters. The van der Waals surface area contributed by atoms with Crippen LogP contribution in [0.4, 0.5) is 0 Å². The summed E-state index contributed by atoms with van der Waals surface area (Å²) in [5.41, 5.74) is 0. The van der Waals surface area contributed by atoms with Gasteiger partial charge in [0.2, 0.25) is 0 Å². The van der Waals surface area contributed by atoms with Crippen molar-refractivity contribution in [2.75, 3.05) is 52.6 Å². The Balaban J connectivity index is 1.92. The van der Waals surface area contributed by atoms with E-state index in [2.05, 4.69) is 12.4 Å². The van der Waals surface area contributed by atoms with Gasteiger partial charge in [-0.15, -0.1) is 3.77 Å². The van der Waals surface area contributed by atoms with E-state index < -0.39 is 21.1 Å². The third kappa shape index (κ3) is 4.37. The van der Waals surface area contributed by atoms with Crippen LogP contribution in [0, 0.1) is 0 Å². The van der Waals surface area contributed by atoms with Crippen LogP contribution in [-0.2, 0) is 30.6 Å². The van der Waals surface area contributed by atoms with Crippen molar-refractivity contribution in [3.05, 3.63) is 30.3 Å². The molecule has 0 bridgehead atoms. The molecule has 0 atom stereocenters. The molecule has 2 fully saturated rings. The molecule has 2 heterocycles. The first kappa shape index (κ1) is 17.0. The summed E-state index contributed by atoms with van der Waals surface area (Å²) in [4.78, 5) is 0.235. The monoisotopic (exact) mass is 359 g/mol. The van der Waals surface area contributed by atoms with E-state index in [9.17, 15) is 8.42 Å². The van der Waals surface area contributed by atoms with Crippen molar-refractivity contribution in [2.45, 2.75) is 4.90 Å². The first-order chi connectivity index (χ1) is 11.2. The van der Waals surface area contributed by atoms with Crippen LogP contribution in [0.3, 0.4) is 0 Å². The van der Waals surface area contributed by atoms with E-state index >= 15 is 0 Å². The van der Waals surface area contributed by atoms with Gasteiger partial charge in [0.1, 0.15) is 0 Å². The van der Waals surface area contributed by atoms with Crippen LogP contribution in [0.25, 0.3) is 0 Å². The normalized spacial score (nSPS) is 21.4. The Labute approximate surface area is 139 Å². The van der Waals surface area contributed by atoms with Gasteiger partial charge in [-0.3, -0.25) is 0 Å². The molecule has 0 radical (unpaired) electrons. The van der Waals surface area contributed by atoms with Crippen LogP contribution in [0.2, 0.25) is 0 Å². The quantitative estimate of drug-likeness (QED) is 0.787. The van der Waals surface area contributed by atoms with Crippen molar-refractivity contribution in [1.82, 2.24) is 8.61 Å². The second kappa shape index (κ2) is 7.82. The largest absolute Gasteiger partial charge is 0.379 e. The molecule has 7 nitrogen and oxygen atoms in total. The molecule has 23 heavy (non-hydrogen) atoms. The average Bonchev–Trinajstić information content (AvgIpc) is 2.62. The molecule has 0 saturated carbocycles. The molecule has 9 heteroatoms. The van der Waals surface area contributed by atoms with Gasteiger partial charge in [-0.1, -0.05) is 18.2 Å². The van der Waals surface area contributed by atoms with Crippen molar-refractivity contribution < 1.29 is 17.9 Å². The van der Waals surface area contributed by atoms with Gasteiger partial charge in [0, 0.05) is 26.2 Å². The lowest BCUT2D eigenvalue weighted by Crippen LogP contribution is -2.48. The SMILES string of the molecule is O=S(=O)(N=S(N1CCOCC1)N1CCOCC1)c1ccccc1. The van der Waals surface area contributed by atoms with E-state index in [0.717, 1.165) is 0 Å². The molecule has 1 aromatic rings. The standard InChI is InChI=1S/C14H21N3O4S2/c18-23(19,14-4-2-1-3-5-14)15-22(16-6-10-20-11-7-16)17-8-12-21-13-9-17/h1-5H,6-13H2. The fourth-order valence-corrected chi connectivity index (χ4v) is 5.98. The Hall–Kier alpha value is -0.840. The zero-order valence-electron chi connectivity index (χ0n) is 12.8. The molecule has 1 aromatic carbocycles. The fraction of sp³-hybridized carbons (Fsp3) is 0.571. The number of benzene rings is 1. The van der Waals surface area contributed by atoms with Crippen molar-refractivity contribution in [1.29, 1.82) is 0 Å². The summed E-state index contributed by atoms with van der Waals surface area (Å²) in [5.74, 6) is 0. The molecule has 0 N–H and O–H groups in total. The van der Waals surface area contributed by atoms with Gasteiger partial charge in [-0.25, -0.2) is 8.61 Å². The predicted octanol–water partition coefficient (Wildman–Crippen LogP) is 0.672. The predicted molar refractivity (Wildman–Crippen MR) is 88.2 cm³/mol. The van der Waals surface area contributed by atoms with E-state index in [1.807, 2.05) is 0 Å². The van der Waals surface area contributed by atoms with Crippen LogP contribution >= 0.6 is 0 Å². The van der Waals surface area contributed by atoms with E-state index in [4.69, 9.17) is 9.47 Å². The van der Waals surface area contributed by atoms with Crippen LogP contribution in [0.1, 0.15) is 0 Å². The fourth-order valence-electron chi connectivity index (χ4n) is 2.40. The summed E-state index contributed by atoms with van der Waals surface area (Å²) in [7, 11) is -3.69. The second-order valence-electron chi connectivity index (χ2n) is 5.19. The van der Waals surface area contributed by atoms with Gasteiger partial charge < -0.3 is 9.47 Å². The highest BCUT2D eigenvalue weighted by molar-refractivity contribution is 7.98. The maximum absolute atomic E-state index is 12.7. The van der Waals surface area contributed by atoms with E-state index in [1.54, 1.807) is 30.3 Å². The number of morpholine rings is 2. The van der Waals surface area contributed by atoms with Crippen molar-refractivity contribution in [2.24, 2.45) is 3.77 Å². The lowest BCUT2D eigenvalue weighted by Gasteiger charge is -2.36. The Bertz CT molecular complexity index is 619. The van der Waals surface area contributed by atoms with Gasteiger partial charge in [0.15, 0.2) is 0 Å². The summed E-state index contributed by atoms with van der Waals surface area (Å²) in [5, 5.41) is 0. The maximum atomic E-state index is 12.7. The molecule has 3 rings (SSSR count). The van der Waals surface area contributed by atoms with Crippen molar-refractivity contribution >= 4 is 21.1 Å². The van der Waals surface area contributed by atoms with E-state index in [1.165, 1.54) is 0 Å². The molecule has 2 aliphatic heterocycles. The van der Waals surface area contributed by atoms with Crippen molar-refractivity contribution in [3.8, 4) is 0 Å². The maximum Gasteiger partial charge on any atom is 0.290 e. The molecule has 2 saturated heterocycles. The lowest BCUT2D eigenvalue weighted by molar-refractivity contribution is 0.0620. The van der Waals surface area contributed by atoms with Gasteiger partial charge in [0.25, 0.3) is 10.0 Å². The Morgan fingerprint density at radius 1 is 0.870 bits per heavy atom. The first-order valence-electron chi connectivity index (χ1n) is 7.60. The number of rotatable bonds is 4. The van der Waals surface area contributed by atoms with E-state index in [0.29, 0.717) is 52.6 Å². The number of hydrogen-bond acceptors (Lipinski definition) is 4. The molecular formula is C14H21N3O4S2. The highest BCUT2D eigenvalue weighted by Crippen LogP contribution is 2.18. The third-order valence-corrected chi connectivity index (χ3v) is 7.45. The molecule has 2 aliphatic rings.